The Morgan fingerprint density at radius 1 is 1.30 bits per heavy atom. The van der Waals surface area contributed by atoms with E-state index in [1.165, 1.54) is 12.5 Å². The van der Waals surface area contributed by atoms with E-state index in [9.17, 15) is 8.42 Å². The third-order valence-electron chi connectivity index (χ3n) is 4.65. The molecule has 2 saturated carbocycles. The topological polar surface area (TPSA) is 70.0 Å². The summed E-state index contributed by atoms with van der Waals surface area (Å²) in [5.41, 5.74) is 1.06. The molecule has 1 aromatic carbocycles. The zero-order valence-corrected chi connectivity index (χ0v) is 12.3. The number of nitriles is 1. The lowest BCUT2D eigenvalue weighted by molar-refractivity contribution is 0.390. The van der Waals surface area contributed by atoms with E-state index in [0.717, 1.165) is 19.3 Å². The van der Waals surface area contributed by atoms with Crippen LogP contribution in [0.3, 0.4) is 0 Å². The maximum Gasteiger partial charge on any atom is 0.241 e. The number of rotatable bonds is 3. The molecule has 0 spiro atoms. The van der Waals surface area contributed by atoms with Crippen molar-refractivity contribution in [3.8, 4) is 6.07 Å². The molecule has 0 heterocycles. The normalized spacial score (nSPS) is 28.5. The highest BCUT2D eigenvalue weighted by molar-refractivity contribution is 7.89. The van der Waals surface area contributed by atoms with Crippen molar-refractivity contribution < 1.29 is 8.42 Å². The Bertz CT molecular complexity index is 676. The van der Waals surface area contributed by atoms with Crippen LogP contribution in [0.15, 0.2) is 23.1 Å². The monoisotopic (exact) mass is 290 g/mol. The molecule has 3 rings (SSSR count). The molecule has 2 aliphatic rings. The van der Waals surface area contributed by atoms with Crippen molar-refractivity contribution in [1.29, 1.82) is 5.26 Å². The van der Waals surface area contributed by atoms with Crippen LogP contribution in [0.1, 0.15) is 36.8 Å². The van der Waals surface area contributed by atoms with Crippen LogP contribution in [-0.2, 0) is 10.0 Å². The highest BCUT2D eigenvalue weighted by atomic mass is 32.2. The van der Waals surface area contributed by atoms with Gasteiger partial charge in [-0.3, -0.25) is 0 Å². The van der Waals surface area contributed by atoms with Crippen molar-refractivity contribution in [2.24, 2.45) is 11.8 Å². The fraction of sp³-hybridized carbons (Fsp3) is 0.533. The van der Waals surface area contributed by atoms with Crippen LogP contribution in [0.25, 0.3) is 0 Å². The summed E-state index contributed by atoms with van der Waals surface area (Å²) in [6.07, 6.45) is 4.49. The fourth-order valence-electron chi connectivity index (χ4n) is 3.61. The number of sulfonamides is 1. The molecule has 0 aromatic heterocycles. The summed E-state index contributed by atoms with van der Waals surface area (Å²) in [5.74, 6) is 1.19. The third-order valence-corrected chi connectivity index (χ3v) is 6.28. The second-order valence-corrected chi connectivity index (χ2v) is 7.68. The van der Waals surface area contributed by atoms with Gasteiger partial charge in [-0.05, 0) is 55.7 Å². The molecule has 1 N–H and O–H groups in total. The molecule has 5 heteroatoms. The number of aryl methyl sites for hydroxylation is 1. The molecule has 2 bridgehead atoms. The van der Waals surface area contributed by atoms with Gasteiger partial charge in [0.1, 0.15) is 0 Å². The molecule has 2 aliphatic carbocycles. The van der Waals surface area contributed by atoms with E-state index >= 15 is 0 Å². The molecular weight excluding hydrogens is 272 g/mol. The minimum atomic E-state index is -3.53. The van der Waals surface area contributed by atoms with Crippen molar-refractivity contribution >= 4 is 10.0 Å². The van der Waals surface area contributed by atoms with Crippen LogP contribution >= 0.6 is 0 Å². The highest BCUT2D eigenvalue weighted by Crippen LogP contribution is 2.44. The van der Waals surface area contributed by atoms with Gasteiger partial charge in [0, 0.05) is 6.04 Å². The van der Waals surface area contributed by atoms with Crippen molar-refractivity contribution in [2.45, 2.75) is 43.5 Å². The molecule has 3 atom stereocenters. The minimum absolute atomic E-state index is 0.0730. The molecule has 4 nitrogen and oxygen atoms in total. The van der Waals surface area contributed by atoms with Crippen molar-refractivity contribution in [1.82, 2.24) is 4.72 Å². The molecule has 0 aliphatic heterocycles. The Kier molecular flexibility index (Phi) is 3.31. The Morgan fingerprint density at radius 3 is 2.70 bits per heavy atom. The Balaban J connectivity index is 1.87. The van der Waals surface area contributed by atoms with Gasteiger partial charge in [-0.2, -0.15) is 5.26 Å². The van der Waals surface area contributed by atoms with Gasteiger partial charge in [-0.25, -0.2) is 13.1 Å². The number of benzene rings is 1. The Morgan fingerprint density at radius 2 is 2.10 bits per heavy atom. The first-order chi connectivity index (χ1) is 9.49. The number of nitrogens with one attached hydrogen (secondary N) is 1. The maximum absolute atomic E-state index is 12.5. The zero-order valence-electron chi connectivity index (χ0n) is 11.5. The predicted molar refractivity (Wildman–Crippen MR) is 75.5 cm³/mol. The molecule has 0 radical (unpaired) electrons. The van der Waals surface area contributed by atoms with Crippen molar-refractivity contribution in [3.63, 3.8) is 0 Å². The van der Waals surface area contributed by atoms with E-state index in [0.29, 0.717) is 23.0 Å². The van der Waals surface area contributed by atoms with Crippen LogP contribution < -0.4 is 4.72 Å². The quantitative estimate of drug-likeness (QED) is 0.928. The van der Waals surface area contributed by atoms with Crippen LogP contribution in [0, 0.1) is 30.1 Å². The van der Waals surface area contributed by atoms with E-state index in [1.807, 2.05) is 6.07 Å². The number of nitrogens with zero attached hydrogens (tertiary/aromatic N) is 1. The lowest BCUT2D eigenvalue weighted by Gasteiger charge is -2.23. The molecule has 20 heavy (non-hydrogen) atoms. The average molecular weight is 290 g/mol. The lowest BCUT2D eigenvalue weighted by Crippen LogP contribution is -2.38. The van der Waals surface area contributed by atoms with Gasteiger partial charge in [0.05, 0.1) is 16.5 Å². The van der Waals surface area contributed by atoms with Gasteiger partial charge in [0.25, 0.3) is 0 Å². The minimum Gasteiger partial charge on any atom is -0.208 e. The van der Waals surface area contributed by atoms with Crippen LogP contribution in [-0.4, -0.2) is 14.5 Å². The molecule has 2 fully saturated rings. The standard InChI is InChI=1S/C15H18N2O2S/c1-10-2-3-12(9-16)8-15(10)20(18,19)17-14-7-11-4-5-13(14)6-11/h2-3,8,11,13-14,17H,4-7H2,1H3. The SMILES string of the molecule is Cc1ccc(C#N)cc1S(=O)(=O)NC1CC2CCC1C2. The van der Waals surface area contributed by atoms with E-state index in [1.54, 1.807) is 19.1 Å². The van der Waals surface area contributed by atoms with Gasteiger partial charge in [0.2, 0.25) is 10.0 Å². The van der Waals surface area contributed by atoms with Gasteiger partial charge >= 0.3 is 0 Å². The van der Waals surface area contributed by atoms with Gasteiger partial charge in [-0.1, -0.05) is 12.5 Å². The second-order valence-electron chi connectivity index (χ2n) is 5.99. The fourth-order valence-corrected chi connectivity index (χ4v) is 5.20. The van der Waals surface area contributed by atoms with Crippen LogP contribution in [0.4, 0.5) is 0 Å². The lowest BCUT2D eigenvalue weighted by atomic mass is 9.96. The average Bonchev–Trinajstić information content (AvgIpc) is 3.01. The van der Waals surface area contributed by atoms with Gasteiger partial charge in [0.15, 0.2) is 0 Å². The van der Waals surface area contributed by atoms with E-state index in [-0.39, 0.29) is 10.9 Å². The molecule has 1 aromatic rings. The van der Waals surface area contributed by atoms with Crippen molar-refractivity contribution in [3.05, 3.63) is 29.3 Å². The summed E-state index contributed by atoms with van der Waals surface area (Å²) < 4.78 is 27.9. The van der Waals surface area contributed by atoms with E-state index in [2.05, 4.69) is 4.72 Å². The summed E-state index contributed by atoms with van der Waals surface area (Å²) in [6, 6.07) is 6.86. The zero-order chi connectivity index (χ0) is 14.3. The first kappa shape index (κ1) is 13.6. The summed E-state index contributed by atoms with van der Waals surface area (Å²) in [4.78, 5) is 0.235. The third kappa shape index (κ3) is 2.34. The number of hydrogen-bond donors (Lipinski definition) is 1. The molecule has 3 unspecified atom stereocenters. The molecule has 106 valence electrons. The second kappa shape index (κ2) is 4.87. The first-order valence-corrected chi connectivity index (χ1v) is 8.51. The largest absolute Gasteiger partial charge is 0.241 e. The Labute approximate surface area is 119 Å². The van der Waals surface area contributed by atoms with Crippen LogP contribution in [0.2, 0.25) is 0 Å². The van der Waals surface area contributed by atoms with E-state index in [4.69, 9.17) is 5.26 Å². The number of hydrogen-bond acceptors (Lipinski definition) is 3. The van der Waals surface area contributed by atoms with Crippen molar-refractivity contribution in [2.75, 3.05) is 0 Å². The number of fused-ring (bicyclic) bond motifs is 2. The molecular formula is C15H18N2O2S. The molecule has 0 amide bonds. The maximum atomic E-state index is 12.5. The van der Waals surface area contributed by atoms with Crippen LogP contribution in [0.5, 0.6) is 0 Å². The summed E-state index contributed by atoms with van der Waals surface area (Å²) in [7, 11) is -3.53. The highest BCUT2D eigenvalue weighted by Gasteiger charge is 2.41. The summed E-state index contributed by atoms with van der Waals surface area (Å²) >= 11 is 0. The van der Waals surface area contributed by atoms with Gasteiger partial charge < -0.3 is 0 Å². The smallest absolute Gasteiger partial charge is 0.208 e. The Hall–Kier alpha value is -1.38. The summed E-state index contributed by atoms with van der Waals surface area (Å²) in [6.45, 7) is 1.76. The summed E-state index contributed by atoms with van der Waals surface area (Å²) in [5, 5.41) is 8.92. The first-order valence-electron chi connectivity index (χ1n) is 7.02. The molecule has 0 saturated heterocycles. The predicted octanol–water partition coefficient (Wildman–Crippen LogP) is 2.33. The van der Waals surface area contributed by atoms with Gasteiger partial charge in [-0.15, -0.1) is 0 Å². The van der Waals surface area contributed by atoms with E-state index < -0.39 is 10.0 Å².